The highest BCUT2D eigenvalue weighted by Crippen LogP contribution is 2.39. The van der Waals surface area contributed by atoms with Crippen LogP contribution in [0.25, 0.3) is 0 Å². The lowest BCUT2D eigenvalue weighted by Gasteiger charge is -2.14. The van der Waals surface area contributed by atoms with Crippen molar-refractivity contribution in [3.8, 4) is 5.75 Å². The second-order valence-corrected chi connectivity index (χ2v) is 6.05. The number of phenolic OH excluding ortho intramolecular Hbond substituents is 1. The second-order valence-electron chi connectivity index (χ2n) is 5.25. The Morgan fingerprint density at radius 2 is 2.29 bits per heavy atom. The summed E-state index contributed by atoms with van der Waals surface area (Å²) in [4.78, 5) is 0. The number of nitrogens with one attached hydrogen (secondary N) is 1. The fraction of sp³-hybridized carbons (Fsp3) is 0.571. The van der Waals surface area contributed by atoms with E-state index in [1.54, 1.807) is 0 Å². The molecule has 2 N–H and O–H groups in total. The van der Waals surface area contributed by atoms with Crippen molar-refractivity contribution in [2.75, 3.05) is 13.1 Å². The van der Waals surface area contributed by atoms with Gasteiger partial charge in [-0.15, -0.1) is 0 Å². The van der Waals surface area contributed by atoms with Crippen LogP contribution in [0.2, 0.25) is 0 Å². The third-order valence-corrected chi connectivity index (χ3v) is 4.91. The molecule has 2 aliphatic rings. The minimum atomic E-state index is 0.484. The average molecular weight is 296 g/mol. The van der Waals surface area contributed by atoms with Crippen molar-refractivity contribution in [2.24, 2.45) is 5.92 Å². The smallest absolute Gasteiger partial charge is 0.133 e. The Morgan fingerprint density at radius 3 is 3.06 bits per heavy atom. The number of halogens is 1. The van der Waals surface area contributed by atoms with E-state index in [0.717, 1.165) is 36.0 Å². The molecule has 0 aromatic heterocycles. The van der Waals surface area contributed by atoms with Crippen molar-refractivity contribution in [3.05, 3.63) is 27.2 Å². The van der Waals surface area contributed by atoms with Gasteiger partial charge in [0.1, 0.15) is 5.75 Å². The Balaban J connectivity index is 1.91. The summed E-state index contributed by atoms with van der Waals surface area (Å²) in [6, 6.07) is 2.24. The lowest BCUT2D eigenvalue weighted by atomic mass is 9.95. The lowest BCUT2D eigenvalue weighted by molar-refractivity contribution is 0.455. The standard InChI is InChI=1S/C14H18BrNO/c15-13-12-3-1-2-10(12)7-11(14(13)17)6-9-4-5-16-8-9/h7,9,16-17H,1-6,8H2. The van der Waals surface area contributed by atoms with Crippen molar-refractivity contribution in [3.63, 3.8) is 0 Å². The normalized spacial score (nSPS) is 23.0. The zero-order chi connectivity index (χ0) is 11.8. The van der Waals surface area contributed by atoms with E-state index < -0.39 is 0 Å². The monoisotopic (exact) mass is 295 g/mol. The second kappa shape index (κ2) is 4.62. The molecule has 17 heavy (non-hydrogen) atoms. The third-order valence-electron chi connectivity index (χ3n) is 4.06. The zero-order valence-corrected chi connectivity index (χ0v) is 11.5. The van der Waals surface area contributed by atoms with Gasteiger partial charge in [-0.3, -0.25) is 0 Å². The Labute approximate surface area is 111 Å². The van der Waals surface area contributed by atoms with E-state index in [9.17, 15) is 5.11 Å². The highest BCUT2D eigenvalue weighted by molar-refractivity contribution is 9.10. The fourth-order valence-corrected chi connectivity index (χ4v) is 3.80. The van der Waals surface area contributed by atoms with Crippen LogP contribution in [0.15, 0.2) is 10.5 Å². The number of aryl methyl sites for hydroxylation is 1. The van der Waals surface area contributed by atoms with Crippen LogP contribution in [0.5, 0.6) is 5.75 Å². The Bertz CT molecular complexity index is 438. The van der Waals surface area contributed by atoms with Gasteiger partial charge in [0.15, 0.2) is 0 Å². The molecule has 92 valence electrons. The Kier molecular flexibility index (Phi) is 3.14. The Morgan fingerprint density at radius 1 is 1.41 bits per heavy atom. The molecule has 2 nitrogen and oxygen atoms in total. The number of aromatic hydroxyl groups is 1. The van der Waals surface area contributed by atoms with Gasteiger partial charge in [-0.25, -0.2) is 0 Å². The van der Waals surface area contributed by atoms with Crippen molar-refractivity contribution in [1.82, 2.24) is 5.32 Å². The van der Waals surface area contributed by atoms with E-state index in [-0.39, 0.29) is 0 Å². The first kappa shape index (κ1) is 11.5. The van der Waals surface area contributed by atoms with Gasteiger partial charge in [-0.1, -0.05) is 6.07 Å². The van der Waals surface area contributed by atoms with Crippen molar-refractivity contribution in [1.29, 1.82) is 0 Å². The van der Waals surface area contributed by atoms with Crippen LogP contribution >= 0.6 is 15.9 Å². The molecule has 0 radical (unpaired) electrons. The Hall–Kier alpha value is -0.540. The first-order chi connectivity index (χ1) is 8.25. The van der Waals surface area contributed by atoms with Gasteiger partial charge >= 0.3 is 0 Å². The molecule has 0 spiro atoms. The minimum Gasteiger partial charge on any atom is -0.506 e. The summed E-state index contributed by atoms with van der Waals surface area (Å²) in [6.45, 7) is 2.21. The summed E-state index contributed by atoms with van der Waals surface area (Å²) in [7, 11) is 0. The molecular formula is C14H18BrNO. The third kappa shape index (κ3) is 2.11. The van der Waals surface area contributed by atoms with Crippen LogP contribution in [0.1, 0.15) is 29.5 Å². The lowest BCUT2D eigenvalue weighted by Crippen LogP contribution is -2.11. The number of fused-ring (bicyclic) bond motifs is 1. The molecule has 1 aliphatic carbocycles. The summed E-state index contributed by atoms with van der Waals surface area (Å²) < 4.78 is 0.952. The summed E-state index contributed by atoms with van der Waals surface area (Å²) in [5.74, 6) is 1.17. The van der Waals surface area contributed by atoms with Crippen LogP contribution in [0, 0.1) is 5.92 Å². The van der Waals surface area contributed by atoms with E-state index in [1.165, 1.54) is 30.4 Å². The first-order valence-electron chi connectivity index (χ1n) is 6.48. The number of rotatable bonds is 2. The van der Waals surface area contributed by atoms with Crippen LogP contribution in [-0.4, -0.2) is 18.2 Å². The number of hydrogen-bond donors (Lipinski definition) is 2. The number of benzene rings is 1. The molecule has 1 saturated heterocycles. The summed E-state index contributed by atoms with van der Waals surface area (Å²) in [5.41, 5.74) is 3.90. The maximum absolute atomic E-state index is 10.3. The van der Waals surface area contributed by atoms with E-state index in [1.807, 2.05) is 0 Å². The molecule has 1 atom stereocenters. The molecule has 1 aromatic carbocycles. The van der Waals surface area contributed by atoms with Crippen LogP contribution in [0.3, 0.4) is 0 Å². The van der Waals surface area contributed by atoms with Crippen LogP contribution in [0.4, 0.5) is 0 Å². The average Bonchev–Trinajstić information content (AvgIpc) is 2.96. The van der Waals surface area contributed by atoms with E-state index in [2.05, 4.69) is 27.3 Å². The van der Waals surface area contributed by atoms with Gasteiger partial charge in [0, 0.05) is 0 Å². The summed E-state index contributed by atoms with van der Waals surface area (Å²) in [5, 5.41) is 13.6. The topological polar surface area (TPSA) is 32.3 Å². The molecule has 1 fully saturated rings. The van der Waals surface area contributed by atoms with Gasteiger partial charge < -0.3 is 10.4 Å². The first-order valence-corrected chi connectivity index (χ1v) is 7.28. The van der Waals surface area contributed by atoms with Crippen LogP contribution < -0.4 is 5.32 Å². The molecule has 1 aliphatic heterocycles. The van der Waals surface area contributed by atoms with Crippen molar-refractivity contribution in [2.45, 2.75) is 32.1 Å². The zero-order valence-electron chi connectivity index (χ0n) is 9.93. The number of phenols is 1. The van der Waals surface area contributed by atoms with Gasteiger partial charge in [0.05, 0.1) is 4.47 Å². The van der Waals surface area contributed by atoms with Gasteiger partial charge in [-0.05, 0) is 83.7 Å². The highest BCUT2D eigenvalue weighted by atomic mass is 79.9. The van der Waals surface area contributed by atoms with E-state index >= 15 is 0 Å². The van der Waals surface area contributed by atoms with Crippen molar-refractivity contribution < 1.29 is 5.11 Å². The molecule has 1 heterocycles. The molecule has 0 bridgehead atoms. The predicted molar refractivity (Wildman–Crippen MR) is 72.5 cm³/mol. The maximum atomic E-state index is 10.3. The highest BCUT2D eigenvalue weighted by Gasteiger charge is 2.22. The molecule has 3 heteroatoms. The SMILES string of the molecule is Oc1c(CC2CCNC2)cc2c(c1Br)CCC2. The van der Waals surface area contributed by atoms with E-state index in [4.69, 9.17) is 0 Å². The largest absolute Gasteiger partial charge is 0.506 e. The molecule has 1 unspecified atom stereocenters. The molecule has 3 rings (SSSR count). The predicted octanol–water partition coefficient (Wildman–Crippen LogP) is 2.80. The van der Waals surface area contributed by atoms with Gasteiger partial charge in [0.2, 0.25) is 0 Å². The fourth-order valence-electron chi connectivity index (χ4n) is 3.09. The summed E-state index contributed by atoms with van der Waals surface area (Å²) >= 11 is 3.57. The van der Waals surface area contributed by atoms with E-state index in [0.29, 0.717) is 11.7 Å². The number of hydrogen-bond acceptors (Lipinski definition) is 2. The van der Waals surface area contributed by atoms with Gasteiger partial charge in [-0.2, -0.15) is 0 Å². The van der Waals surface area contributed by atoms with Crippen LogP contribution in [-0.2, 0) is 19.3 Å². The van der Waals surface area contributed by atoms with Crippen molar-refractivity contribution >= 4 is 15.9 Å². The summed E-state index contributed by atoms with van der Waals surface area (Å²) in [6.07, 6.45) is 5.74. The molecule has 1 aromatic rings. The van der Waals surface area contributed by atoms with Gasteiger partial charge in [0.25, 0.3) is 0 Å². The molecular weight excluding hydrogens is 278 g/mol. The minimum absolute atomic E-state index is 0.484. The molecule has 0 amide bonds. The quantitative estimate of drug-likeness (QED) is 0.879. The maximum Gasteiger partial charge on any atom is 0.133 e. The molecule has 0 saturated carbocycles.